The summed E-state index contributed by atoms with van der Waals surface area (Å²) in [6, 6.07) is 9.66. The molecule has 3 aromatic rings. The van der Waals surface area contributed by atoms with Gasteiger partial charge in [0.2, 0.25) is 0 Å². The van der Waals surface area contributed by atoms with Crippen LogP contribution in [-0.2, 0) is 18.4 Å². The zero-order valence-corrected chi connectivity index (χ0v) is 18.4. The molecule has 0 spiro atoms. The fraction of sp³-hybridized carbons (Fsp3) is 0.364. The number of hydrogen-bond acceptors (Lipinski definition) is 4. The maximum absolute atomic E-state index is 14.4. The van der Waals surface area contributed by atoms with Crippen molar-refractivity contribution in [2.45, 2.75) is 45.4 Å². The lowest BCUT2D eigenvalue weighted by Gasteiger charge is -2.27. The lowest BCUT2D eigenvalue weighted by atomic mass is 10.0. The Hall–Kier alpha value is -2.22. The molecule has 0 aliphatic rings. The zero-order chi connectivity index (χ0) is 21.5. The highest BCUT2D eigenvalue weighted by Gasteiger charge is 2.29. The number of hydrogen-bond donors (Lipinski definition) is 1. The van der Waals surface area contributed by atoms with Crippen molar-refractivity contribution in [3.8, 4) is 11.4 Å². The summed E-state index contributed by atoms with van der Waals surface area (Å²) in [5.74, 6) is -0.183. The van der Waals surface area contributed by atoms with Crippen molar-refractivity contribution in [3.05, 3.63) is 63.7 Å². The largest absolute Gasteiger partial charge is 0.598 e. The van der Waals surface area contributed by atoms with E-state index in [-0.39, 0.29) is 23.0 Å². The number of fused-ring (bicyclic) bond motifs is 1. The molecule has 0 saturated carbocycles. The van der Waals surface area contributed by atoms with Crippen LogP contribution in [0.1, 0.15) is 44.9 Å². The van der Waals surface area contributed by atoms with Gasteiger partial charge >= 0.3 is 0 Å². The van der Waals surface area contributed by atoms with Gasteiger partial charge in [0.15, 0.2) is 0 Å². The van der Waals surface area contributed by atoms with E-state index < -0.39 is 21.9 Å². The van der Waals surface area contributed by atoms with Gasteiger partial charge < -0.3 is 4.55 Å². The van der Waals surface area contributed by atoms with Crippen LogP contribution in [0.15, 0.2) is 41.2 Å². The average molecular weight is 416 g/mol. The minimum atomic E-state index is -1.29. The Balaban J connectivity index is 2.24. The molecular weight excluding hydrogens is 389 g/mol. The molecule has 0 aliphatic heterocycles. The summed E-state index contributed by atoms with van der Waals surface area (Å²) < 4.78 is 31.0. The maximum Gasteiger partial charge on any atom is 0.261 e. The number of aryl methyl sites for hydroxylation is 1. The first-order chi connectivity index (χ1) is 13.5. The minimum Gasteiger partial charge on any atom is -0.598 e. The fourth-order valence-corrected chi connectivity index (χ4v) is 3.97. The first-order valence-corrected chi connectivity index (χ1v) is 10.6. The number of aromatic nitrogens is 2. The van der Waals surface area contributed by atoms with Crippen LogP contribution in [0, 0.1) is 12.7 Å². The monoisotopic (exact) mass is 415 g/mol. The van der Waals surface area contributed by atoms with Crippen LogP contribution in [-0.4, -0.2) is 18.9 Å². The van der Waals surface area contributed by atoms with Gasteiger partial charge in [-0.2, -0.15) is 0 Å². The van der Waals surface area contributed by atoms with Crippen LogP contribution in [0.3, 0.4) is 0 Å². The number of nitrogens with one attached hydrogen (secondary N) is 1. The Morgan fingerprint density at radius 3 is 2.52 bits per heavy atom. The van der Waals surface area contributed by atoms with Crippen LogP contribution in [0.5, 0.6) is 0 Å². The van der Waals surface area contributed by atoms with Gasteiger partial charge in [0.1, 0.15) is 16.4 Å². The van der Waals surface area contributed by atoms with Crippen molar-refractivity contribution in [2.75, 3.05) is 0 Å². The van der Waals surface area contributed by atoms with Gasteiger partial charge in [-0.1, -0.05) is 18.2 Å². The molecule has 2 aromatic carbocycles. The van der Waals surface area contributed by atoms with Crippen molar-refractivity contribution in [1.82, 2.24) is 14.3 Å². The zero-order valence-electron chi connectivity index (χ0n) is 17.5. The lowest BCUT2D eigenvalue weighted by molar-refractivity contribution is 0.531. The first-order valence-electron chi connectivity index (χ1n) is 9.45. The van der Waals surface area contributed by atoms with Gasteiger partial charge in [-0.15, -0.1) is 4.72 Å². The molecule has 2 atom stereocenters. The van der Waals surface area contributed by atoms with Crippen molar-refractivity contribution < 1.29 is 8.94 Å². The quantitative estimate of drug-likeness (QED) is 0.650. The topological polar surface area (TPSA) is 70.0 Å². The van der Waals surface area contributed by atoms with Crippen molar-refractivity contribution >= 4 is 22.3 Å². The number of rotatable bonds is 4. The second-order valence-electron chi connectivity index (χ2n) is 8.25. The molecule has 1 heterocycles. The van der Waals surface area contributed by atoms with Gasteiger partial charge in [-0.05, 0) is 58.4 Å². The van der Waals surface area contributed by atoms with Crippen LogP contribution in [0.2, 0.25) is 0 Å². The van der Waals surface area contributed by atoms with E-state index in [1.54, 1.807) is 31.3 Å². The Kier molecular flexibility index (Phi) is 5.85. The number of halogens is 1. The summed E-state index contributed by atoms with van der Waals surface area (Å²) in [5.41, 5.74) is 2.16. The number of nitrogens with zero attached hydrogens (tertiary/aromatic N) is 2. The minimum absolute atomic E-state index is 0.248. The molecule has 7 heteroatoms. The SMILES string of the molecule is Cc1cc(C(C)N[S+]([O-])C(C)(C)C)c2nc(-c3ccccc3F)n(C)c(=O)c2c1. The lowest BCUT2D eigenvalue weighted by Crippen LogP contribution is -2.40. The van der Waals surface area contributed by atoms with Crippen LogP contribution >= 0.6 is 0 Å². The molecule has 0 amide bonds. The third kappa shape index (κ3) is 4.22. The van der Waals surface area contributed by atoms with Crippen molar-refractivity contribution in [3.63, 3.8) is 0 Å². The Bertz CT molecular complexity index is 1120. The maximum atomic E-state index is 14.4. The van der Waals surface area contributed by atoms with Crippen LogP contribution in [0.25, 0.3) is 22.3 Å². The summed E-state index contributed by atoms with van der Waals surface area (Å²) in [4.78, 5) is 17.7. The smallest absolute Gasteiger partial charge is 0.261 e. The Labute approximate surface area is 173 Å². The molecule has 3 rings (SSSR count). The molecule has 1 aromatic heterocycles. The Morgan fingerprint density at radius 2 is 1.90 bits per heavy atom. The summed E-state index contributed by atoms with van der Waals surface area (Å²) >= 11 is -1.29. The second-order valence-corrected chi connectivity index (χ2v) is 10.2. The molecule has 0 bridgehead atoms. The molecule has 29 heavy (non-hydrogen) atoms. The molecule has 1 N–H and O–H groups in total. The average Bonchev–Trinajstić information content (AvgIpc) is 2.64. The normalized spacial score (nSPS) is 14.2. The standard InChI is InChI=1S/C22H26FN3O2S/c1-13-11-16(14(2)25-29(28)22(3,4)5)19-17(12-13)21(27)26(6)20(24-19)15-9-7-8-10-18(15)23/h7-12,14,25H,1-6H3. The van der Waals surface area contributed by atoms with Crippen LogP contribution in [0.4, 0.5) is 4.39 Å². The molecule has 2 unspecified atom stereocenters. The molecule has 0 saturated heterocycles. The highest BCUT2D eigenvalue weighted by Crippen LogP contribution is 2.28. The molecule has 5 nitrogen and oxygen atoms in total. The molecule has 0 fully saturated rings. The van der Waals surface area contributed by atoms with Gasteiger partial charge in [-0.25, -0.2) is 9.37 Å². The molecule has 154 valence electrons. The Morgan fingerprint density at radius 1 is 1.24 bits per heavy atom. The summed E-state index contributed by atoms with van der Waals surface area (Å²) in [6.45, 7) is 9.46. The fourth-order valence-electron chi connectivity index (χ4n) is 3.17. The van der Waals surface area contributed by atoms with E-state index in [4.69, 9.17) is 0 Å². The molecular formula is C22H26FN3O2S. The van der Waals surface area contributed by atoms with Gasteiger partial charge in [0.05, 0.1) is 22.5 Å². The highest BCUT2D eigenvalue weighted by atomic mass is 32.2. The van der Waals surface area contributed by atoms with E-state index in [1.165, 1.54) is 10.6 Å². The van der Waals surface area contributed by atoms with Gasteiger partial charge in [-0.3, -0.25) is 9.36 Å². The molecule has 0 radical (unpaired) electrons. The highest BCUT2D eigenvalue weighted by molar-refractivity contribution is 7.90. The third-order valence-corrected chi connectivity index (χ3v) is 6.46. The van der Waals surface area contributed by atoms with E-state index >= 15 is 0 Å². The number of benzene rings is 2. The van der Waals surface area contributed by atoms with Crippen molar-refractivity contribution in [1.29, 1.82) is 0 Å². The molecule has 0 aliphatic carbocycles. The van der Waals surface area contributed by atoms with Gasteiger partial charge in [0, 0.05) is 24.0 Å². The summed E-state index contributed by atoms with van der Waals surface area (Å²) in [6.07, 6.45) is 0. The van der Waals surface area contributed by atoms with Crippen molar-refractivity contribution in [2.24, 2.45) is 7.05 Å². The van der Waals surface area contributed by atoms with Gasteiger partial charge in [0.25, 0.3) is 5.56 Å². The predicted molar refractivity (Wildman–Crippen MR) is 117 cm³/mol. The van der Waals surface area contributed by atoms with E-state index in [1.807, 2.05) is 40.7 Å². The van der Waals surface area contributed by atoms with E-state index in [9.17, 15) is 13.7 Å². The third-order valence-electron chi connectivity index (χ3n) is 4.78. The van der Waals surface area contributed by atoms with E-state index in [0.717, 1.165) is 11.1 Å². The van der Waals surface area contributed by atoms with Crippen LogP contribution < -0.4 is 10.3 Å². The predicted octanol–water partition coefficient (Wildman–Crippen LogP) is 4.16. The summed E-state index contributed by atoms with van der Waals surface area (Å²) in [5, 5.41) is 0.456. The van der Waals surface area contributed by atoms with E-state index in [0.29, 0.717) is 10.9 Å². The summed E-state index contributed by atoms with van der Waals surface area (Å²) in [7, 11) is 1.59. The van der Waals surface area contributed by atoms with E-state index in [2.05, 4.69) is 9.71 Å². The second kappa shape index (κ2) is 7.89. The first kappa shape index (κ1) is 21.5.